The fraction of sp³-hybridized carbons (Fsp3) is 0.222. The Morgan fingerprint density at radius 1 is 1.15 bits per heavy atom. The third kappa shape index (κ3) is 4.26. The predicted octanol–water partition coefficient (Wildman–Crippen LogP) is 2.64. The molecule has 0 unspecified atom stereocenters. The third-order valence-corrected chi connectivity index (χ3v) is 6.34. The molecule has 0 aliphatic rings. The zero-order valence-electron chi connectivity index (χ0n) is 15.2. The van der Waals surface area contributed by atoms with E-state index in [0.29, 0.717) is 5.69 Å². The lowest BCUT2D eigenvalue weighted by Crippen LogP contribution is -2.29. The van der Waals surface area contributed by atoms with Gasteiger partial charge in [-0.25, -0.2) is 18.5 Å². The number of anilines is 2. The average Bonchev–Trinajstić information content (AvgIpc) is 3.05. The highest BCUT2D eigenvalue weighted by atomic mass is 32.2. The molecule has 0 saturated carbocycles. The van der Waals surface area contributed by atoms with Crippen molar-refractivity contribution in [1.29, 1.82) is 0 Å². The van der Waals surface area contributed by atoms with Crippen LogP contribution in [0.2, 0.25) is 0 Å². The van der Waals surface area contributed by atoms with Crippen LogP contribution in [0.15, 0.2) is 41.3 Å². The van der Waals surface area contributed by atoms with E-state index in [1.165, 1.54) is 24.3 Å². The number of nitrogens with zero attached hydrogens (tertiary/aromatic N) is 2. The van der Waals surface area contributed by atoms with Crippen molar-refractivity contribution in [2.45, 2.75) is 18.7 Å². The molecule has 0 atom stereocenters. The summed E-state index contributed by atoms with van der Waals surface area (Å²) in [5.74, 6) is -0.228. The van der Waals surface area contributed by atoms with Gasteiger partial charge in [-0.15, -0.1) is 0 Å². The quantitative estimate of drug-likeness (QED) is 0.680. The minimum absolute atomic E-state index is 0.00201. The monoisotopic (exact) mass is 404 g/mol. The van der Waals surface area contributed by atoms with Gasteiger partial charge in [0.15, 0.2) is 5.13 Å². The van der Waals surface area contributed by atoms with E-state index in [2.05, 4.69) is 16.4 Å². The summed E-state index contributed by atoms with van der Waals surface area (Å²) in [6.07, 6.45) is 0. The maximum atomic E-state index is 12.3. The van der Waals surface area contributed by atoms with Gasteiger partial charge in [0.1, 0.15) is 0 Å². The highest BCUT2D eigenvalue weighted by Crippen LogP contribution is 2.32. The van der Waals surface area contributed by atoms with Crippen LogP contribution in [0.3, 0.4) is 0 Å². The van der Waals surface area contributed by atoms with Crippen LogP contribution in [0.5, 0.6) is 0 Å². The van der Waals surface area contributed by atoms with Crippen LogP contribution in [0.1, 0.15) is 11.1 Å². The molecule has 0 aliphatic carbocycles. The van der Waals surface area contributed by atoms with Crippen molar-refractivity contribution in [3.63, 3.8) is 0 Å². The van der Waals surface area contributed by atoms with Crippen molar-refractivity contribution in [2.75, 3.05) is 23.8 Å². The molecule has 142 valence electrons. The fourth-order valence-electron chi connectivity index (χ4n) is 2.62. The van der Waals surface area contributed by atoms with Crippen molar-refractivity contribution >= 4 is 48.3 Å². The van der Waals surface area contributed by atoms with Crippen LogP contribution >= 0.6 is 11.3 Å². The SMILES string of the molecule is Cc1ccc(C)c2sc(N(C)CC(=O)Nc3ccc(S(N)(=O)=O)cc3)nc12. The maximum absolute atomic E-state index is 12.3. The number of likely N-dealkylation sites (N-methyl/N-ethyl adjacent to an activating group) is 1. The Labute approximate surface area is 161 Å². The number of aromatic nitrogens is 1. The van der Waals surface area contributed by atoms with Crippen LogP contribution in [0.25, 0.3) is 10.2 Å². The van der Waals surface area contributed by atoms with Gasteiger partial charge in [0.2, 0.25) is 15.9 Å². The number of benzene rings is 2. The van der Waals surface area contributed by atoms with E-state index < -0.39 is 10.0 Å². The molecule has 1 heterocycles. The van der Waals surface area contributed by atoms with Gasteiger partial charge in [-0.1, -0.05) is 23.5 Å². The van der Waals surface area contributed by atoms with Gasteiger partial charge in [-0.3, -0.25) is 4.79 Å². The number of nitrogens with two attached hydrogens (primary N) is 1. The van der Waals surface area contributed by atoms with Gasteiger partial charge in [0.25, 0.3) is 0 Å². The number of fused-ring (bicyclic) bond motifs is 1. The number of aryl methyl sites for hydroxylation is 2. The number of thiazole rings is 1. The Bertz CT molecular complexity index is 1070. The van der Waals surface area contributed by atoms with Crippen LogP contribution in [0, 0.1) is 13.8 Å². The number of rotatable bonds is 5. The molecule has 2 aromatic carbocycles. The van der Waals surface area contributed by atoms with Crippen LogP contribution in [-0.2, 0) is 14.8 Å². The van der Waals surface area contributed by atoms with E-state index in [4.69, 9.17) is 5.14 Å². The summed E-state index contributed by atoms with van der Waals surface area (Å²) in [4.78, 5) is 18.8. The summed E-state index contributed by atoms with van der Waals surface area (Å²) < 4.78 is 23.7. The number of sulfonamides is 1. The lowest BCUT2D eigenvalue weighted by molar-refractivity contribution is -0.114. The summed E-state index contributed by atoms with van der Waals surface area (Å²) in [7, 11) is -1.94. The first kappa shape index (κ1) is 19.3. The van der Waals surface area contributed by atoms with E-state index in [9.17, 15) is 13.2 Å². The molecule has 1 amide bonds. The molecule has 0 fully saturated rings. The van der Waals surface area contributed by atoms with E-state index in [1.54, 1.807) is 16.2 Å². The van der Waals surface area contributed by atoms with Gasteiger partial charge < -0.3 is 10.2 Å². The molecule has 0 radical (unpaired) electrons. The molecule has 9 heteroatoms. The normalized spacial score (nSPS) is 11.6. The number of hydrogen-bond acceptors (Lipinski definition) is 6. The molecule has 0 spiro atoms. The minimum atomic E-state index is -3.75. The summed E-state index contributed by atoms with van der Waals surface area (Å²) in [5, 5.41) is 8.57. The number of nitrogens with one attached hydrogen (secondary N) is 1. The van der Waals surface area contributed by atoms with Crippen LogP contribution in [0.4, 0.5) is 10.8 Å². The van der Waals surface area contributed by atoms with Crippen molar-refractivity contribution < 1.29 is 13.2 Å². The van der Waals surface area contributed by atoms with Gasteiger partial charge >= 0.3 is 0 Å². The summed E-state index contributed by atoms with van der Waals surface area (Å²) in [6.45, 7) is 4.18. The second kappa shape index (κ2) is 7.26. The van der Waals surface area contributed by atoms with Gasteiger partial charge in [0, 0.05) is 12.7 Å². The average molecular weight is 405 g/mol. The Morgan fingerprint density at radius 2 is 1.78 bits per heavy atom. The second-order valence-electron chi connectivity index (χ2n) is 6.35. The van der Waals surface area contributed by atoms with E-state index >= 15 is 0 Å². The van der Waals surface area contributed by atoms with Crippen molar-refractivity contribution in [1.82, 2.24) is 4.98 Å². The first-order valence-electron chi connectivity index (χ1n) is 8.16. The number of primary sulfonamides is 1. The number of carbonyl (C=O) groups excluding carboxylic acids is 1. The molecule has 0 saturated heterocycles. The van der Waals surface area contributed by atoms with Crippen molar-refractivity contribution in [2.24, 2.45) is 5.14 Å². The Morgan fingerprint density at radius 3 is 2.37 bits per heavy atom. The lowest BCUT2D eigenvalue weighted by atomic mass is 10.1. The summed E-state index contributed by atoms with van der Waals surface area (Å²) >= 11 is 1.55. The molecular weight excluding hydrogens is 384 g/mol. The fourth-order valence-corrected chi connectivity index (χ4v) is 4.21. The molecule has 7 nitrogen and oxygen atoms in total. The Kier molecular flexibility index (Phi) is 5.18. The van der Waals surface area contributed by atoms with Crippen LogP contribution in [-0.4, -0.2) is 32.9 Å². The minimum Gasteiger partial charge on any atom is -0.342 e. The topological polar surface area (TPSA) is 105 Å². The lowest BCUT2D eigenvalue weighted by Gasteiger charge is -2.15. The zero-order valence-corrected chi connectivity index (χ0v) is 16.8. The molecule has 0 bridgehead atoms. The molecule has 27 heavy (non-hydrogen) atoms. The Hall–Kier alpha value is -2.49. The highest BCUT2D eigenvalue weighted by Gasteiger charge is 2.15. The molecular formula is C18H20N4O3S2. The van der Waals surface area contributed by atoms with E-state index in [-0.39, 0.29) is 17.3 Å². The Balaban J connectivity index is 1.71. The highest BCUT2D eigenvalue weighted by molar-refractivity contribution is 7.89. The number of carbonyl (C=O) groups is 1. The van der Waals surface area contributed by atoms with Gasteiger partial charge in [0.05, 0.1) is 21.7 Å². The van der Waals surface area contributed by atoms with Gasteiger partial charge in [-0.2, -0.15) is 0 Å². The largest absolute Gasteiger partial charge is 0.342 e. The molecule has 1 aromatic heterocycles. The third-order valence-electron chi connectivity index (χ3n) is 4.10. The molecule has 0 aliphatic heterocycles. The van der Waals surface area contributed by atoms with E-state index in [0.717, 1.165) is 26.5 Å². The van der Waals surface area contributed by atoms with E-state index in [1.807, 2.05) is 27.0 Å². The molecule has 3 aromatic rings. The second-order valence-corrected chi connectivity index (χ2v) is 8.89. The van der Waals surface area contributed by atoms with Gasteiger partial charge in [-0.05, 0) is 49.2 Å². The first-order valence-corrected chi connectivity index (χ1v) is 10.5. The zero-order chi connectivity index (χ0) is 19.8. The van der Waals surface area contributed by atoms with Crippen LogP contribution < -0.4 is 15.4 Å². The predicted molar refractivity (Wildman–Crippen MR) is 109 cm³/mol. The smallest absolute Gasteiger partial charge is 0.243 e. The summed E-state index contributed by atoms with van der Waals surface area (Å²) in [5.41, 5.74) is 3.72. The molecule has 3 rings (SSSR count). The summed E-state index contributed by atoms with van der Waals surface area (Å²) in [6, 6.07) is 9.82. The maximum Gasteiger partial charge on any atom is 0.243 e. The number of hydrogen-bond donors (Lipinski definition) is 2. The number of amides is 1. The van der Waals surface area contributed by atoms with Crippen molar-refractivity contribution in [3.05, 3.63) is 47.5 Å². The first-order chi connectivity index (χ1) is 12.6. The van der Waals surface area contributed by atoms with Crippen molar-refractivity contribution in [3.8, 4) is 0 Å². The molecule has 3 N–H and O–H groups in total. The standard InChI is InChI=1S/C18H20N4O3S2/c1-11-4-5-12(2)17-16(11)21-18(26-17)22(3)10-15(23)20-13-6-8-14(9-7-13)27(19,24)25/h4-9H,10H2,1-3H3,(H,20,23)(H2,19,24,25).